The van der Waals surface area contributed by atoms with Gasteiger partial charge in [-0.2, -0.15) is 0 Å². The number of carbonyl (C=O) groups is 1. The van der Waals surface area contributed by atoms with Gasteiger partial charge in [-0.1, -0.05) is 27.5 Å². The van der Waals surface area contributed by atoms with Gasteiger partial charge in [0, 0.05) is 15.0 Å². The van der Waals surface area contributed by atoms with Crippen molar-refractivity contribution in [3.63, 3.8) is 0 Å². The van der Waals surface area contributed by atoms with E-state index in [0.717, 1.165) is 4.47 Å². The average molecular weight is 395 g/mol. The molecule has 1 unspecified atom stereocenters. The van der Waals surface area contributed by atoms with Crippen molar-refractivity contribution in [2.75, 3.05) is 20.3 Å². The van der Waals surface area contributed by atoms with Crippen LogP contribution in [0.15, 0.2) is 22.7 Å². The largest absolute Gasteiger partial charge is 0.491 e. The predicted molar refractivity (Wildman–Crippen MR) is 89.5 cm³/mol. The molecule has 0 fully saturated rings. The number of amides is 1. The highest BCUT2D eigenvalue weighted by molar-refractivity contribution is 9.10. The summed E-state index contributed by atoms with van der Waals surface area (Å²) in [6.07, 6.45) is -1.34. The van der Waals surface area contributed by atoms with Crippen molar-refractivity contribution in [3.05, 3.63) is 27.7 Å². The van der Waals surface area contributed by atoms with Crippen LogP contribution in [0.4, 0.5) is 4.79 Å². The molecule has 0 aliphatic carbocycles. The molecule has 1 N–H and O–H groups in total. The molecule has 0 aliphatic rings. The summed E-state index contributed by atoms with van der Waals surface area (Å²) in [5, 5.41) is 10.6. The van der Waals surface area contributed by atoms with Gasteiger partial charge in [0.25, 0.3) is 0 Å². The fourth-order valence-corrected chi connectivity index (χ4v) is 2.63. The Bertz CT molecular complexity index is 499. The number of β-amino-alcohol motifs (C(OH)–C–C–N with tert-alkyl or cyclic N) is 1. The molecule has 1 aromatic carbocycles. The van der Waals surface area contributed by atoms with Gasteiger partial charge in [0.05, 0.1) is 13.7 Å². The highest BCUT2D eigenvalue weighted by atomic mass is 79.9. The lowest BCUT2D eigenvalue weighted by molar-refractivity contribution is 0.0290. The van der Waals surface area contributed by atoms with Gasteiger partial charge < -0.3 is 19.5 Å². The monoisotopic (exact) mass is 393 g/mol. The van der Waals surface area contributed by atoms with Gasteiger partial charge in [0.2, 0.25) is 0 Å². The van der Waals surface area contributed by atoms with Crippen LogP contribution in [0.2, 0.25) is 5.02 Å². The van der Waals surface area contributed by atoms with Crippen molar-refractivity contribution in [2.24, 2.45) is 0 Å². The van der Waals surface area contributed by atoms with Gasteiger partial charge >= 0.3 is 6.09 Å². The number of halogens is 2. The lowest BCUT2D eigenvalue weighted by atomic mass is 10.1. The number of hydrogen-bond acceptors (Lipinski definition) is 4. The van der Waals surface area contributed by atoms with Gasteiger partial charge in [0.15, 0.2) is 0 Å². The van der Waals surface area contributed by atoms with E-state index in [-0.39, 0.29) is 13.2 Å². The molecule has 5 nitrogen and oxygen atoms in total. The number of hydrogen-bond donors (Lipinski definition) is 1. The normalized spacial score (nSPS) is 12.7. The van der Waals surface area contributed by atoms with Crippen LogP contribution >= 0.6 is 27.5 Å². The van der Waals surface area contributed by atoms with Crippen molar-refractivity contribution in [1.82, 2.24) is 4.90 Å². The first-order valence-corrected chi connectivity index (χ1v) is 7.93. The number of rotatable bonds is 5. The zero-order valence-electron chi connectivity index (χ0n) is 13.1. The molecule has 22 heavy (non-hydrogen) atoms. The molecule has 124 valence electrons. The van der Waals surface area contributed by atoms with Crippen LogP contribution in [0.25, 0.3) is 0 Å². The Morgan fingerprint density at radius 2 is 2.05 bits per heavy atom. The number of methoxy groups -OCH3 is 1. The first-order valence-electron chi connectivity index (χ1n) is 6.76. The van der Waals surface area contributed by atoms with Gasteiger partial charge in [-0.25, -0.2) is 4.79 Å². The molecule has 0 radical (unpaired) electrons. The zero-order chi connectivity index (χ0) is 16.9. The topological polar surface area (TPSA) is 59.0 Å². The number of ether oxygens (including phenoxy) is 2. The quantitative estimate of drug-likeness (QED) is 0.827. The fraction of sp³-hybridized carbons (Fsp3) is 0.533. The second-order valence-corrected chi connectivity index (χ2v) is 7.17. The van der Waals surface area contributed by atoms with Crippen molar-refractivity contribution >= 4 is 33.6 Å². The Morgan fingerprint density at radius 1 is 1.41 bits per heavy atom. The zero-order valence-corrected chi connectivity index (χ0v) is 15.4. The number of benzene rings is 1. The van der Waals surface area contributed by atoms with Crippen LogP contribution < -0.4 is 4.74 Å². The smallest absolute Gasteiger partial charge is 0.410 e. The SMILES string of the molecule is COC(=O)N(CC(O)COc1cc(Cl)cc(Br)c1)C(C)(C)C. The average Bonchev–Trinajstić information content (AvgIpc) is 2.39. The maximum absolute atomic E-state index is 11.8. The van der Waals surface area contributed by atoms with E-state index in [1.165, 1.54) is 12.0 Å². The van der Waals surface area contributed by atoms with Crippen LogP contribution in [0.3, 0.4) is 0 Å². The molecule has 0 saturated heterocycles. The highest BCUT2D eigenvalue weighted by Crippen LogP contribution is 2.24. The molecule has 0 aromatic heterocycles. The van der Waals surface area contributed by atoms with E-state index in [9.17, 15) is 9.90 Å². The third-order valence-corrected chi connectivity index (χ3v) is 3.55. The lowest BCUT2D eigenvalue weighted by Crippen LogP contribution is -2.50. The molecule has 1 amide bonds. The molecule has 0 saturated carbocycles. The van der Waals surface area contributed by atoms with Crippen molar-refractivity contribution in [3.8, 4) is 5.75 Å². The number of nitrogens with zero attached hydrogens (tertiary/aromatic N) is 1. The number of aliphatic hydroxyl groups excluding tert-OH is 1. The summed E-state index contributed by atoms with van der Waals surface area (Å²) < 4.78 is 11.0. The minimum Gasteiger partial charge on any atom is -0.491 e. The summed E-state index contributed by atoms with van der Waals surface area (Å²) in [6.45, 7) is 5.75. The first-order chi connectivity index (χ1) is 10.1. The minimum atomic E-state index is -0.851. The molecule has 1 rings (SSSR count). The van der Waals surface area contributed by atoms with E-state index in [1.807, 2.05) is 20.8 Å². The standard InChI is InChI=1S/C15H21BrClNO4/c1-15(2,3)18(14(20)21-4)8-12(19)9-22-13-6-10(16)5-11(17)7-13/h5-7,12,19H,8-9H2,1-4H3. The third kappa shape index (κ3) is 6.02. The van der Waals surface area contributed by atoms with Gasteiger partial charge in [-0.3, -0.25) is 0 Å². The van der Waals surface area contributed by atoms with E-state index in [1.54, 1.807) is 18.2 Å². The molecule has 1 aromatic rings. The summed E-state index contributed by atoms with van der Waals surface area (Å²) in [7, 11) is 1.31. The Labute approximate surface area is 144 Å². The van der Waals surface area contributed by atoms with Crippen LogP contribution in [-0.4, -0.2) is 48.0 Å². The highest BCUT2D eigenvalue weighted by Gasteiger charge is 2.29. The first kappa shape index (κ1) is 19.1. The maximum Gasteiger partial charge on any atom is 0.410 e. The van der Waals surface area contributed by atoms with Crippen molar-refractivity contribution in [1.29, 1.82) is 0 Å². The summed E-state index contributed by atoms with van der Waals surface area (Å²) in [4.78, 5) is 13.2. The molecule has 7 heteroatoms. The van der Waals surface area contributed by atoms with E-state index < -0.39 is 17.7 Å². The summed E-state index contributed by atoms with van der Waals surface area (Å²) >= 11 is 9.25. The van der Waals surface area contributed by atoms with Gasteiger partial charge in [0.1, 0.15) is 18.5 Å². The summed E-state index contributed by atoms with van der Waals surface area (Å²) in [5.41, 5.74) is -0.465. The van der Waals surface area contributed by atoms with Crippen LogP contribution in [0, 0.1) is 0 Å². The van der Waals surface area contributed by atoms with E-state index in [0.29, 0.717) is 10.8 Å². The Hall–Kier alpha value is -0.980. The maximum atomic E-state index is 11.8. The van der Waals surface area contributed by atoms with Crippen LogP contribution in [0.1, 0.15) is 20.8 Å². The van der Waals surface area contributed by atoms with Crippen LogP contribution in [-0.2, 0) is 4.74 Å². The van der Waals surface area contributed by atoms with E-state index >= 15 is 0 Å². The summed E-state index contributed by atoms with van der Waals surface area (Å²) in [5.74, 6) is 0.541. The predicted octanol–water partition coefficient (Wildman–Crippen LogP) is 3.71. The Kier molecular flexibility index (Phi) is 6.97. The lowest BCUT2D eigenvalue weighted by Gasteiger charge is -2.35. The van der Waals surface area contributed by atoms with E-state index in [2.05, 4.69) is 15.9 Å². The second-order valence-electron chi connectivity index (χ2n) is 5.82. The number of aliphatic hydroxyl groups is 1. The molecule has 0 aliphatic heterocycles. The summed E-state index contributed by atoms with van der Waals surface area (Å²) in [6, 6.07) is 5.14. The van der Waals surface area contributed by atoms with Crippen molar-refractivity contribution < 1.29 is 19.4 Å². The minimum absolute atomic E-state index is 0.0381. The van der Waals surface area contributed by atoms with Gasteiger partial charge in [-0.05, 0) is 39.0 Å². The number of carbonyl (C=O) groups excluding carboxylic acids is 1. The molecular formula is C15H21BrClNO4. The second kappa shape index (κ2) is 8.04. The molecule has 0 heterocycles. The third-order valence-electron chi connectivity index (χ3n) is 2.88. The van der Waals surface area contributed by atoms with Gasteiger partial charge in [-0.15, -0.1) is 0 Å². The molecule has 1 atom stereocenters. The Morgan fingerprint density at radius 3 is 2.55 bits per heavy atom. The molecule has 0 bridgehead atoms. The molecular weight excluding hydrogens is 374 g/mol. The molecule has 0 spiro atoms. The van der Waals surface area contributed by atoms with Crippen LogP contribution in [0.5, 0.6) is 5.75 Å². The van der Waals surface area contributed by atoms with E-state index in [4.69, 9.17) is 21.1 Å². The fourth-order valence-electron chi connectivity index (χ4n) is 1.80. The Balaban J connectivity index is 2.64. The van der Waals surface area contributed by atoms with Crippen molar-refractivity contribution in [2.45, 2.75) is 32.4 Å².